The minimum atomic E-state index is -4.55. The number of amides is 1. The van der Waals surface area contributed by atoms with Gasteiger partial charge < -0.3 is 10.6 Å². The molecule has 0 bridgehead atoms. The second-order valence-corrected chi connectivity index (χ2v) is 5.25. The third kappa shape index (κ3) is 3.86. The number of anilines is 1. The zero-order chi connectivity index (χ0) is 14.9. The van der Waals surface area contributed by atoms with Gasteiger partial charge in [0.1, 0.15) is 0 Å². The Morgan fingerprint density at radius 2 is 2.05 bits per heavy atom. The second kappa shape index (κ2) is 5.61. The van der Waals surface area contributed by atoms with Crippen molar-refractivity contribution in [1.29, 1.82) is 0 Å². The van der Waals surface area contributed by atoms with Gasteiger partial charge in [-0.25, -0.2) is 0 Å². The summed E-state index contributed by atoms with van der Waals surface area (Å²) in [6.45, 7) is 1.67. The van der Waals surface area contributed by atoms with Crippen molar-refractivity contribution < 1.29 is 18.0 Å². The van der Waals surface area contributed by atoms with Crippen LogP contribution in [0, 0.1) is 0 Å². The van der Waals surface area contributed by atoms with Gasteiger partial charge in [0.25, 0.3) is 0 Å². The minimum Gasteiger partial charge on any atom is -0.325 e. The van der Waals surface area contributed by atoms with E-state index >= 15 is 0 Å². The van der Waals surface area contributed by atoms with Gasteiger partial charge in [0, 0.05) is 11.7 Å². The molecule has 0 aromatic heterocycles. The third-order valence-electron chi connectivity index (χ3n) is 3.00. The highest BCUT2D eigenvalue weighted by atomic mass is 35.5. The van der Waals surface area contributed by atoms with Crippen LogP contribution in [0.4, 0.5) is 18.9 Å². The van der Waals surface area contributed by atoms with Crippen molar-refractivity contribution in [1.82, 2.24) is 5.32 Å². The number of nitrogens with one attached hydrogen (secondary N) is 2. The molecule has 1 aliphatic carbocycles. The number of rotatable bonds is 4. The molecule has 0 spiro atoms. The molecule has 20 heavy (non-hydrogen) atoms. The van der Waals surface area contributed by atoms with E-state index in [1.54, 1.807) is 6.92 Å². The molecular formula is C13H14ClF3N2O. The fourth-order valence-corrected chi connectivity index (χ4v) is 1.97. The van der Waals surface area contributed by atoms with Crippen molar-refractivity contribution in [3.63, 3.8) is 0 Å². The Morgan fingerprint density at radius 3 is 2.60 bits per heavy atom. The molecule has 1 aromatic carbocycles. The molecule has 2 N–H and O–H groups in total. The largest absolute Gasteiger partial charge is 0.417 e. The highest BCUT2D eigenvalue weighted by Gasteiger charge is 2.33. The Bertz CT molecular complexity index is 515. The second-order valence-electron chi connectivity index (χ2n) is 4.84. The van der Waals surface area contributed by atoms with E-state index in [-0.39, 0.29) is 16.6 Å². The fraction of sp³-hybridized carbons (Fsp3) is 0.462. The number of hydrogen-bond acceptors (Lipinski definition) is 2. The molecule has 7 heteroatoms. The molecule has 2 rings (SSSR count). The Kier molecular flexibility index (Phi) is 4.25. The van der Waals surface area contributed by atoms with Crippen LogP contribution in [0.25, 0.3) is 0 Å². The van der Waals surface area contributed by atoms with E-state index in [4.69, 9.17) is 11.6 Å². The van der Waals surface area contributed by atoms with E-state index in [0.717, 1.165) is 25.0 Å². The van der Waals surface area contributed by atoms with Crippen LogP contribution in [0.2, 0.25) is 5.02 Å². The first kappa shape index (κ1) is 15.1. The smallest absolute Gasteiger partial charge is 0.325 e. The van der Waals surface area contributed by atoms with Gasteiger partial charge in [-0.05, 0) is 38.0 Å². The van der Waals surface area contributed by atoms with Crippen LogP contribution in [0.5, 0.6) is 0 Å². The minimum absolute atomic E-state index is 0.0798. The highest BCUT2D eigenvalue weighted by molar-refractivity contribution is 6.31. The average molecular weight is 307 g/mol. The molecule has 1 saturated carbocycles. The topological polar surface area (TPSA) is 41.1 Å². The molecule has 1 amide bonds. The van der Waals surface area contributed by atoms with E-state index in [1.165, 1.54) is 6.07 Å². The molecule has 1 fully saturated rings. The Morgan fingerprint density at radius 1 is 1.40 bits per heavy atom. The molecule has 110 valence electrons. The van der Waals surface area contributed by atoms with Crippen LogP contribution in [0.1, 0.15) is 25.3 Å². The van der Waals surface area contributed by atoms with E-state index < -0.39 is 17.8 Å². The van der Waals surface area contributed by atoms with Crippen molar-refractivity contribution >= 4 is 23.2 Å². The first-order valence-corrected chi connectivity index (χ1v) is 6.59. The number of alkyl halides is 3. The maximum absolute atomic E-state index is 12.7. The van der Waals surface area contributed by atoms with Gasteiger partial charge in [0.15, 0.2) is 0 Å². The standard InChI is InChI=1S/C13H14ClF3N2O/c1-7(18-8-2-3-8)12(20)19-9-4-5-11(14)10(6-9)13(15,16)17/h4-8,18H,2-3H2,1H3,(H,19,20). The number of halogens is 4. The molecule has 0 saturated heterocycles. The molecular weight excluding hydrogens is 293 g/mol. The van der Waals surface area contributed by atoms with Crippen molar-refractivity contribution in [2.24, 2.45) is 0 Å². The highest BCUT2D eigenvalue weighted by Crippen LogP contribution is 2.36. The van der Waals surface area contributed by atoms with Crippen LogP contribution in [0.3, 0.4) is 0 Å². The van der Waals surface area contributed by atoms with Crippen LogP contribution in [-0.4, -0.2) is 18.0 Å². The first-order chi connectivity index (χ1) is 9.27. The molecule has 1 unspecified atom stereocenters. The summed E-state index contributed by atoms with van der Waals surface area (Å²) in [5.74, 6) is -0.368. The van der Waals surface area contributed by atoms with Crippen LogP contribution >= 0.6 is 11.6 Å². The summed E-state index contributed by atoms with van der Waals surface area (Å²) in [4.78, 5) is 11.8. The lowest BCUT2D eigenvalue weighted by atomic mass is 10.2. The van der Waals surface area contributed by atoms with Gasteiger partial charge in [-0.1, -0.05) is 11.6 Å². The summed E-state index contributed by atoms with van der Waals surface area (Å²) in [5.41, 5.74) is -0.879. The summed E-state index contributed by atoms with van der Waals surface area (Å²) < 4.78 is 38.1. The van der Waals surface area contributed by atoms with Crippen LogP contribution in [0.15, 0.2) is 18.2 Å². The SMILES string of the molecule is CC(NC1CC1)C(=O)Nc1ccc(Cl)c(C(F)(F)F)c1. The van der Waals surface area contributed by atoms with Crippen LogP contribution < -0.4 is 10.6 Å². The Labute approximate surface area is 119 Å². The summed E-state index contributed by atoms with van der Waals surface area (Å²) >= 11 is 5.51. The summed E-state index contributed by atoms with van der Waals surface area (Å²) in [7, 11) is 0. The number of hydrogen-bond donors (Lipinski definition) is 2. The lowest BCUT2D eigenvalue weighted by Gasteiger charge is -2.15. The molecule has 3 nitrogen and oxygen atoms in total. The van der Waals surface area contributed by atoms with Crippen molar-refractivity contribution in [3.05, 3.63) is 28.8 Å². The normalized spacial score (nSPS) is 16.9. The molecule has 1 aliphatic rings. The van der Waals surface area contributed by atoms with E-state index in [9.17, 15) is 18.0 Å². The molecule has 1 atom stereocenters. The summed E-state index contributed by atoms with van der Waals surface area (Å²) in [6.07, 6.45) is -2.50. The third-order valence-corrected chi connectivity index (χ3v) is 3.33. The van der Waals surface area contributed by atoms with Crippen molar-refractivity contribution in [2.75, 3.05) is 5.32 Å². The van der Waals surface area contributed by atoms with Crippen molar-refractivity contribution in [3.8, 4) is 0 Å². The molecule has 0 aliphatic heterocycles. The molecule has 0 radical (unpaired) electrons. The summed E-state index contributed by atoms with van der Waals surface area (Å²) in [5, 5.41) is 5.13. The molecule has 1 aromatic rings. The Balaban J connectivity index is 2.07. The quantitative estimate of drug-likeness (QED) is 0.894. The number of carbonyl (C=O) groups excluding carboxylic acids is 1. The predicted octanol–water partition coefficient (Wildman–Crippen LogP) is 3.44. The van der Waals surface area contributed by atoms with Gasteiger partial charge in [0.2, 0.25) is 5.91 Å². The van der Waals surface area contributed by atoms with Crippen molar-refractivity contribution in [2.45, 2.75) is 38.0 Å². The average Bonchev–Trinajstić information content (AvgIpc) is 3.14. The maximum atomic E-state index is 12.7. The zero-order valence-corrected chi connectivity index (χ0v) is 11.5. The van der Waals surface area contributed by atoms with E-state index in [2.05, 4.69) is 10.6 Å². The number of benzene rings is 1. The zero-order valence-electron chi connectivity index (χ0n) is 10.7. The lowest BCUT2D eigenvalue weighted by Crippen LogP contribution is -2.39. The fourth-order valence-electron chi connectivity index (χ4n) is 1.75. The monoisotopic (exact) mass is 306 g/mol. The van der Waals surface area contributed by atoms with E-state index in [0.29, 0.717) is 6.04 Å². The Hall–Kier alpha value is -1.27. The first-order valence-electron chi connectivity index (χ1n) is 6.21. The van der Waals surface area contributed by atoms with Gasteiger partial charge in [-0.3, -0.25) is 4.79 Å². The van der Waals surface area contributed by atoms with Crippen LogP contribution in [-0.2, 0) is 11.0 Å². The van der Waals surface area contributed by atoms with Gasteiger partial charge >= 0.3 is 6.18 Å². The summed E-state index contributed by atoms with van der Waals surface area (Å²) in [6, 6.07) is 3.20. The predicted molar refractivity (Wildman–Crippen MR) is 70.7 cm³/mol. The van der Waals surface area contributed by atoms with Gasteiger partial charge in [-0.15, -0.1) is 0 Å². The number of carbonyl (C=O) groups is 1. The lowest BCUT2D eigenvalue weighted by molar-refractivity contribution is -0.137. The maximum Gasteiger partial charge on any atom is 0.417 e. The van der Waals surface area contributed by atoms with E-state index in [1.807, 2.05) is 0 Å². The van der Waals surface area contributed by atoms with Gasteiger partial charge in [0.05, 0.1) is 16.6 Å². The molecule has 0 heterocycles. The van der Waals surface area contributed by atoms with Gasteiger partial charge in [-0.2, -0.15) is 13.2 Å².